The Morgan fingerprint density at radius 2 is 2.25 bits per heavy atom. The monoisotopic (exact) mass is 111 g/mol. The molecule has 0 saturated carbocycles. The molecule has 0 atom stereocenters. The van der Waals surface area contributed by atoms with Gasteiger partial charge in [0.25, 0.3) is 0 Å². The Morgan fingerprint density at radius 1 is 1.50 bits per heavy atom. The van der Waals surface area contributed by atoms with E-state index in [1.165, 1.54) is 6.08 Å². The Labute approximate surface area is 50.7 Å². The van der Waals surface area contributed by atoms with Gasteiger partial charge in [0.2, 0.25) is 0 Å². The van der Waals surface area contributed by atoms with E-state index < -0.39 is 0 Å². The van der Waals surface area contributed by atoms with Gasteiger partial charge in [-0.3, -0.25) is 0 Å². The van der Waals surface area contributed by atoms with Gasteiger partial charge in [0.15, 0.2) is 0 Å². The molecule has 0 aromatic carbocycles. The molecule has 0 amide bonds. The van der Waals surface area contributed by atoms with Crippen LogP contribution in [-0.4, -0.2) is 13.2 Å². The lowest BCUT2D eigenvalue weighted by Gasteiger charge is -1.90. The zero-order valence-corrected chi connectivity index (χ0v) is 5.13. The molecule has 0 heterocycles. The third-order valence-electron chi connectivity index (χ3n) is 0.664. The molecule has 1 heteroatoms. The zero-order valence-electron chi connectivity index (χ0n) is 5.13. The van der Waals surface area contributed by atoms with E-state index in [0.29, 0.717) is 13.2 Å². The summed E-state index contributed by atoms with van der Waals surface area (Å²) in [5, 5.41) is 0. The summed E-state index contributed by atoms with van der Waals surface area (Å²) in [5.41, 5.74) is 0. The fraction of sp³-hybridized carbons (Fsp3) is 0.429. The normalized spacial score (nSPS) is 10.1. The van der Waals surface area contributed by atoms with Gasteiger partial charge in [-0.25, -0.2) is 0 Å². The van der Waals surface area contributed by atoms with Crippen LogP contribution in [0.3, 0.4) is 0 Å². The van der Waals surface area contributed by atoms with E-state index in [-0.39, 0.29) is 0 Å². The fourth-order valence-corrected chi connectivity index (χ4v) is 0.300. The Bertz CT molecular complexity index is 74.5. The summed E-state index contributed by atoms with van der Waals surface area (Å²) in [5.74, 6) is 0. The van der Waals surface area contributed by atoms with Gasteiger partial charge in [0.1, 0.15) is 0 Å². The van der Waals surface area contributed by atoms with Crippen LogP contribution in [0.4, 0.5) is 0 Å². The summed E-state index contributed by atoms with van der Waals surface area (Å²) in [7, 11) is 0. The van der Waals surface area contributed by atoms with Gasteiger partial charge in [0.05, 0.1) is 13.2 Å². The van der Waals surface area contributed by atoms with Crippen molar-refractivity contribution in [3.8, 4) is 0 Å². The van der Waals surface area contributed by atoms with E-state index in [4.69, 9.17) is 11.3 Å². The van der Waals surface area contributed by atoms with Gasteiger partial charge in [-0.2, -0.15) is 0 Å². The predicted molar refractivity (Wildman–Crippen MR) is 34.5 cm³/mol. The van der Waals surface area contributed by atoms with Crippen molar-refractivity contribution in [3.63, 3.8) is 0 Å². The van der Waals surface area contributed by atoms with Crippen LogP contribution < -0.4 is 0 Å². The van der Waals surface area contributed by atoms with Crippen molar-refractivity contribution in [1.29, 1.82) is 0 Å². The second-order valence-electron chi connectivity index (χ2n) is 1.34. The highest BCUT2D eigenvalue weighted by Gasteiger charge is 1.72. The van der Waals surface area contributed by atoms with Gasteiger partial charge in [0, 0.05) is 0 Å². The Hall–Kier alpha value is -0.560. The molecule has 0 N–H and O–H groups in total. The summed E-state index contributed by atoms with van der Waals surface area (Å²) < 4.78 is 4.96. The lowest BCUT2D eigenvalue weighted by atomic mass is 10.5. The van der Waals surface area contributed by atoms with Crippen molar-refractivity contribution in [2.75, 3.05) is 13.2 Å². The van der Waals surface area contributed by atoms with Gasteiger partial charge >= 0.3 is 0 Å². The van der Waals surface area contributed by atoms with Gasteiger partial charge in [-0.05, 0) is 6.92 Å². The second kappa shape index (κ2) is 6.44. The van der Waals surface area contributed by atoms with Crippen LogP contribution in [0.2, 0.25) is 0 Å². The maximum Gasteiger partial charge on any atom is 0.0654 e. The van der Waals surface area contributed by atoms with Crippen LogP contribution in [-0.2, 0) is 4.74 Å². The molecule has 0 aliphatic carbocycles. The number of hydrogen-bond donors (Lipinski definition) is 0. The SMILES string of the molecule is [CH]=CCOC/C=C/C. The molecule has 0 saturated heterocycles. The Kier molecular flexibility index (Phi) is 5.99. The fourth-order valence-electron chi connectivity index (χ4n) is 0.300. The van der Waals surface area contributed by atoms with Crippen molar-refractivity contribution in [2.24, 2.45) is 0 Å². The molecule has 0 aliphatic rings. The first kappa shape index (κ1) is 7.44. The van der Waals surface area contributed by atoms with E-state index in [2.05, 4.69) is 0 Å². The van der Waals surface area contributed by atoms with Crippen molar-refractivity contribution in [2.45, 2.75) is 6.92 Å². The predicted octanol–water partition coefficient (Wildman–Crippen LogP) is 1.57. The van der Waals surface area contributed by atoms with Crippen LogP contribution in [0.5, 0.6) is 0 Å². The van der Waals surface area contributed by atoms with Crippen LogP contribution in [0.25, 0.3) is 0 Å². The Morgan fingerprint density at radius 3 is 2.75 bits per heavy atom. The quantitative estimate of drug-likeness (QED) is 0.395. The first-order chi connectivity index (χ1) is 3.91. The second-order valence-corrected chi connectivity index (χ2v) is 1.34. The minimum Gasteiger partial charge on any atom is -0.373 e. The number of hydrogen-bond acceptors (Lipinski definition) is 1. The maximum absolute atomic E-state index is 5.04. The summed E-state index contributed by atoms with van der Waals surface area (Å²) >= 11 is 0. The van der Waals surface area contributed by atoms with Crippen molar-refractivity contribution < 1.29 is 4.74 Å². The highest BCUT2D eigenvalue weighted by Crippen LogP contribution is 1.75. The lowest BCUT2D eigenvalue weighted by Crippen LogP contribution is -1.88. The van der Waals surface area contributed by atoms with Crippen molar-refractivity contribution >= 4 is 0 Å². The highest BCUT2D eigenvalue weighted by atomic mass is 16.5. The first-order valence-corrected chi connectivity index (χ1v) is 2.64. The van der Waals surface area contributed by atoms with E-state index in [9.17, 15) is 0 Å². The van der Waals surface area contributed by atoms with Crippen molar-refractivity contribution in [1.82, 2.24) is 0 Å². The Balaban J connectivity index is 2.82. The van der Waals surface area contributed by atoms with E-state index in [0.717, 1.165) is 0 Å². The summed E-state index contributed by atoms with van der Waals surface area (Å²) in [6.07, 6.45) is 5.36. The minimum absolute atomic E-state index is 0.532. The molecule has 0 aromatic heterocycles. The maximum atomic E-state index is 5.04. The minimum atomic E-state index is 0.532. The highest BCUT2D eigenvalue weighted by molar-refractivity contribution is 4.76. The number of ether oxygens (including phenoxy) is 1. The topological polar surface area (TPSA) is 9.23 Å². The average Bonchev–Trinajstić information content (AvgIpc) is 1.81. The number of rotatable bonds is 4. The molecule has 0 fully saturated rings. The molecule has 45 valence electrons. The molecule has 1 nitrogen and oxygen atoms in total. The standard InChI is InChI=1S/C7H11O/c1-3-5-7-8-6-4-2/h2-5H,6-7H2,1H3/b4-2?,5-3+. The molecule has 8 heavy (non-hydrogen) atoms. The molecule has 0 aliphatic heterocycles. The summed E-state index contributed by atoms with van der Waals surface area (Å²) in [6.45, 7) is 8.18. The summed E-state index contributed by atoms with van der Waals surface area (Å²) in [6, 6.07) is 0. The van der Waals surface area contributed by atoms with Crippen LogP contribution in [0.1, 0.15) is 6.92 Å². The molecular weight excluding hydrogens is 100 g/mol. The smallest absolute Gasteiger partial charge is 0.0654 e. The molecular formula is C7H11O. The van der Waals surface area contributed by atoms with Crippen LogP contribution in [0.15, 0.2) is 18.2 Å². The summed E-state index contributed by atoms with van der Waals surface area (Å²) in [4.78, 5) is 0. The molecule has 0 unspecified atom stereocenters. The van der Waals surface area contributed by atoms with Gasteiger partial charge in [-0.1, -0.05) is 24.8 Å². The zero-order chi connectivity index (χ0) is 6.24. The van der Waals surface area contributed by atoms with Gasteiger partial charge in [-0.15, -0.1) is 0 Å². The molecule has 0 spiro atoms. The van der Waals surface area contributed by atoms with Crippen LogP contribution in [0, 0.1) is 6.58 Å². The first-order valence-electron chi connectivity index (χ1n) is 2.64. The third-order valence-corrected chi connectivity index (χ3v) is 0.664. The van der Waals surface area contributed by atoms with E-state index >= 15 is 0 Å². The van der Waals surface area contributed by atoms with Gasteiger partial charge < -0.3 is 4.74 Å². The third kappa shape index (κ3) is 5.44. The van der Waals surface area contributed by atoms with E-state index in [1.54, 1.807) is 0 Å². The molecule has 0 aromatic rings. The molecule has 1 radical (unpaired) electrons. The van der Waals surface area contributed by atoms with Crippen LogP contribution >= 0.6 is 0 Å². The average molecular weight is 111 g/mol. The lowest BCUT2D eigenvalue weighted by molar-refractivity contribution is 0.194. The molecule has 0 bridgehead atoms. The number of allylic oxidation sites excluding steroid dienone is 1. The molecule has 0 rings (SSSR count). The van der Waals surface area contributed by atoms with E-state index in [1.807, 2.05) is 19.1 Å². The largest absolute Gasteiger partial charge is 0.373 e. The van der Waals surface area contributed by atoms with Crippen molar-refractivity contribution in [3.05, 3.63) is 24.8 Å².